The van der Waals surface area contributed by atoms with Crippen LogP contribution in [-0.4, -0.2) is 17.1 Å². The van der Waals surface area contributed by atoms with Crippen molar-refractivity contribution in [3.63, 3.8) is 0 Å². The van der Waals surface area contributed by atoms with Crippen LogP contribution < -0.4 is 15.8 Å². The molecule has 0 bridgehead atoms. The first kappa shape index (κ1) is 11.1. The van der Waals surface area contributed by atoms with Crippen molar-refractivity contribution in [1.82, 2.24) is 9.97 Å². The first-order valence-corrected chi connectivity index (χ1v) is 4.88. The van der Waals surface area contributed by atoms with Gasteiger partial charge in [-0.3, -0.25) is 0 Å². The number of rotatable bonds is 3. The van der Waals surface area contributed by atoms with Gasteiger partial charge in [0, 0.05) is 11.8 Å². The van der Waals surface area contributed by atoms with Crippen LogP contribution in [0.2, 0.25) is 0 Å². The number of ether oxygens (including phenoxy) is 1. The zero-order chi connectivity index (χ0) is 12.3. The van der Waals surface area contributed by atoms with Crippen LogP contribution in [0.3, 0.4) is 0 Å². The zero-order valence-corrected chi connectivity index (χ0v) is 9.14. The Labute approximate surface area is 97.5 Å². The molecule has 5 nitrogen and oxygen atoms in total. The molecule has 0 aliphatic rings. The van der Waals surface area contributed by atoms with E-state index in [0.717, 1.165) is 0 Å². The molecule has 0 aliphatic heterocycles. The van der Waals surface area contributed by atoms with Gasteiger partial charge in [0.05, 0.1) is 7.11 Å². The Morgan fingerprint density at radius 3 is 2.59 bits per heavy atom. The van der Waals surface area contributed by atoms with Gasteiger partial charge in [-0.15, -0.1) is 0 Å². The lowest BCUT2D eigenvalue weighted by Crippen LogP contribution is -2.01. The van der Waals surface area contributed by atoms with Gasteiger partial charge in [0.2, 0.25) is 11.8 Å². The molecule has 3 N–H and O–H groups in total. The van der Waals surface area contributed by atoms with Gasteiger partial charge >= 0.3 is 0 Å². The highest BCUT2D eigenvalue weighted by atomic mass is 19.1. The van der Waals surface area contributed by atoms with Crippen LogP contribution in [0.5, 0.6) is 5.88 Å². The molecule has 0 spiro atoms. The summed E-state index contributed by atoms with van der Waals surface area (Å²) in [4.78, 5) is 7.83. The lowest BCUT2D eigenvalue weighted by atomic mass is 10.3. The van der Waals surface area contributed by atoms with Crippen LogP contribution in [-0.2, 0) is 0 Å². The van der Waals surface area contributed by atoms with Crippen LogP contribution >= 0.6 is 0 Å². The molecule has 2 rings (SSSR count). The van der Waals surface area contributed by atoms with Crippen LogP contribution in [0.15, 0.2) is 30.3 Å². The number of nitrogens with zero attached hydrogens (tertiary/aromatic N) is 2. The maximum absolute atomic E-state index is 12.7. The van der Waals surface area contributed by atoms with Crippen molar-refractivity contribution in [2.75, 3.05) is 18.2 Å². The zero-order valence-electron chi connectivity index (χ0n) is 9.14. The van der Waals surface area contributed by atoms with E-state index in [1.807, 2.05) is 0 Å². The molecule has 6 heteroatoms. The number of aromatic nitrogens is 2. The van der Waals surface area contributed by atoms with Crippen molar-refractivity contribution in [1.29, 1.82) is 0 Å². The van der Waals surface area contributed by atoms with E-state index in [2.05, 4.69) is 15.3 Å². The number of anilines is 3. The minimum absolute atomic E-state index is 0.106. The Bertz CT molecular complexity index is 515. The Morgan fingerprint density at radius 2 is 1.94 bits per heavy atom. The van der Waals surface area contributed by atoms with Crippen LogP contribution in [0.25, 0.3) is 0 Å². The summed E-state index contributed by atoms with van der Waals surface area (Å²) in [6.07, 6.45) is 0. The van der Waals surface area contributed by atoms with Crippen LogP contribution in [0.4, 0.5) is 21.8 Å². The molecule has 0 fully saturated rings. The third-order valence-corrected chi connectivity index (χ3v) is 2.05. The second-order valence-corrected chi connectivity index (χ2v) is 3.29. The summed E-state index contributed by atoms with van der Waals surface area (Å²) < 4.78 is 17.7. The lowest BCUT2D eigenvalue weighted by Gasteiger charge is -2.07. The Kier molecular flexibility index (Phi) is 3.04. The molecule has 0 saturated heterocycles. The predicted molar refractivity (Wildman–Crippen MR) is 62.7 cm³/mol. The quantitative estimate of drug-likeness (QED) is 0.849. The molecule has 88 valence electrons. The number of methoxy groups -OCH3 is 1. The summed E-state index contributed by atoms with van der Waals surface area (Å²) in [6, 6.07) is 7.49. The molecule has 0 aliphatic carbocycles. The number of nitrogen functional groups attached to an aromatic ring is 1. The van der Waals surface area contributed by atoms with Crippen molar-refractivity contribution >= 4 is 17.5 Å². The monoisotopic (exact) mass is 234 g/mol. The number of benzene rings is 1. The number of hydrogen-bond donors (Lipinski definition) is 2. The van der Waals surface area contributed by atoms with E-state index >= 15 is 0 Å². The highest BCUT2D eigenvalue weighted by Crippen LogP contribution is 2.19. The molecule has 0 unspecified atom stereocenters. The maximum Gasteiger partial charge on any atom is 0.225 e. The van der Waals surface area contributed by atoms with E-state index in [-0.39, 0.29) is 11.8 Å². The second kappa shape index (κ2) is 4.65. The Morgan fingerprint density at radius 1 is 1.24 bits per heavy atom. The van der Waals surface area contributed by atoms with E-state index < -0.39 is 0 Å². The van der Waals surface area contributed by atoms with Crippen LogP contribution in [0, 0.1) is 5.82 Å². The standard InChI is InChI=1S/C11H11FN4O/c1-17-10-6-9(15-11(13)16-10)14-8-4-2-7(12)3-5-8/h2-6H,1H3,(H3,13,14,15,16). The SMILES string of the molecule is COc1cc(Nc2ccc(F)cc2)nc(N)n1. The second-order valence-electron chi connectivity index (χ2n) is 3.29. The van der Waals surface area contributed by atoms with Crippen molar-refractivity contribution in [3.05, 3.63) is 36.1 Å². The van der Waals surface area contributed by atoms with E-state index in [1.165, 1.54) is 19.2 Å². The molecule has 0 saturated carbocycles. The van der Waals surface area contributed by atoms with Crippen molar-refractivity contribution < 1.29 is 9.13 Å². The van der Waals surface area contributed by atoms with Gasteiger partial charge in [0.25, 0.3) is 0 Å². The molecule has 0 atom stereocenters. The summed E-state index contributed by atoms with van der Waals surface area (Å²) in [6.45, 7) is 0. The topological polar surface area (TPSA) is 73.1 Å². The summed E-state index contributed by atoms with van der Waals surface area (Å²) in [7, 11) is 1.49. The van der Waals surface area contributed by atoms with Gasteiger partial charge in [-0.25, -0.2) is 4.39 Å². The Hall–Kier alpha value is -2.37. The van der Waals surface area contributed by atoms with Gasteiger partial charge < -0.3 is 15.8 Å². The predicted octanol–water partition coefficient (Wildman–Crippen LogP) is 1.95. The fraction of sp³-hybridized carbons (Fsp3) is 0.0909. The van der Waals surface area contributed by atoms with E-state index in [1.54, 1.807) is 18.2 Å². The van der Waals surface area contributed by atoms with E-state index in [9.17, 15) is 4.39 Å². The number of nitrogens with two attached hydrogens (primary N) is 1. The minimum Gasteiger partial charge on any atom is -0.481 e. The van der Waals surface area contributed by atoms with Crippen molar-refractivity contribution in [2.24, 2.45) is 0 Å². The van der Waals surface area contributed by atoms with Crippen molar-refractivity contribution in [3.8, 4) is 5.88 Å². The third-order valence-electron chi connectivity index (χ3n) is 2.05. The number of nitrogens with one attached hydrogen (secondary N) is 1. The molecule has 0 radical (unpaired) electrons. The third kappa shape index (κ3) is 2.81. The Balaban J connectivity index is 2.23. The molecule has 1 heterocycles. The van der Waals surface area contributed by atoms with Gasteiger partial charge in [-0.1, -0.05) is 0 Å². The molecule has 17 heavy (non-hydrogen) atoms. The smallest absolute Gasteiger partial charge is 0.225 e. The largest absolute Gasteiger partial charge is 0.481 e. The summed E-state index contributed by atoms with van der Waals surface area (Å²) in [5, 5.41) is 2.97. The van der Waals surface area contributed by atoms with Crippen LogP contribution in [0.1, 0.15) is 0 Å². The molecule has 1 aromatic carbocycles. The van der Waals surface area contributed by atoms with Gasteiger partial charge in [-0.05, 0) is 24.3 Å². The number of halogens is 1. The fourth-order valence-corrected chi connectivity index (χ4v) is 1.29. The number of hydrogen-bond acceptors (Lipinski definition) is 5. The molecule has 1 aromatic heterocycles. The highest BCUT2D eigenvalue weighted by Gasteiger charge is 2.02. The molecular formula is C11H11FN4O. The van der Waals surface area contributed by atoms with Gasteiger partial charge in [-0.2, -0.15) is 9.97 Å². The first-order valence-electron chi connectivity index (χ1n) is 4.88. The maximum atomic E-state index is 12.7. The summed E-state index contributed by atoms with van der Waals surface area (Å²) in [5.74, 6) is 0.660. The fourth-order valence-electron chi connectivity index (χ4n) is 1.29. The summed E-state index contributed by atoms with van der Waals surface area (Å²) in [5.41, 5.74) is 6.21. The molecular weight excluding hydrogens is 223 g/mol. The van der Waals surface area contributed by atoms with E-state index in [0.29, 0.717) is 17.4 Å². The highest BCUT2D eigenvalue weighted by molar-refractivity contribution is 5.57. The summed E-state index contributed by atoms with van der Waals surface area (Å²) >= 11 is 0. The molecule has 2 aromatic rings. The van der Waals surface area contributed by atoms with Gasteiger partial charge in [0.15, 0.2) is 0 Å². The van der Waals surface area contributed by atoms with Gasteiger partial charge in [0.1, 0.15) is 11.6 Å². The molecule has 0 amide bonds. The lowest BCUT2D eigenvalue weighted by molar-refractivity contribution is 0.398. The minimum atomic E-state index is -0.296. The first-order chi connectivity index (χ1) is 8.17. The normalized spacial score (nSPS) is 10.0. The average Bonchev–Trinajstić information content (AvgIpc) is 2.31. The van der Waals surface area contributed by atoms with Crippen molar-refractivity contribution in [2.45, 2.75) is 0 Å². The average molecular weight is 234 g/mol. The van der Waals surface area contributed by atoms with E-state index in [4.69, 9.17) is 10.5 Å².